The van der Waals surface area contributed by atoms with E-state index in [1.54, 1.807) is 0 Å². The van der Waals surface area contributed by atoms with Gasteiger partial charge in [0.15, 0.2) is 11.7 Å². The van der Waals surface area contributed by atoms with Gasteiger partial charge in [0.1, 0.15) is 5.69 Å². The van der Waals surface area contributed by atoms with E-state index in [2.05, 4.69) is 14.8 Å². The van der Waals surface area contributed by atoms with Crippen LogP contribution in [0.25, 0.3) is 11.0 Å². The summed E-state index contributed by atoms with van der Waals surface area (Å²) in [4.78, 5) is 25.9. The Balaban J connectivity index is 1.68. The highest BCUT2D eigenvalue weighted by Crippen LogP contribution is 2.31. The number of esters is 1. The zero-order valence-corrected chi connectivity index (χ0v) is 17.2. The number of ether oxygens (including phenoxy) is 1. The van der Waals surface area contributed by atoms with Gasteiger partial charge in [-0.1, -0.05) is 35.9 Å². The average Bonchev–Trinajstić information content (AvgIpc) is 2.79. The molecule has 30 heavy (non-hydrogen) atoms. The van der Waals surface area contributed by atoms with Crippen molar-refractivity contribution >= 4 is 40.1 Å². The Labute approximate surface area is 179 Å². The minimum absolute atomic E-state index is 0.328. The Bertz CT molecular complexity index is 1120. The molecule has 152 valence electrons. The summed E-state index contributed by atoms with van der Waals surface area (Å²) >= 11 is 6.35. The lowest BCUT2D eigenvalue weighted by Crippen LogP contribution is -2.47. The number of methoxy groups -OCH3 is 1. The van der Waals surface area contributed by atoms with Crippen LogP contribution in [0.1, 0.15) is 11.6 Å². The maximum Gasteiger partial charge on any atom is 0.329 e. The van der Waals surface area contributed by atoms with Crippen molar-refractivity contribution in [3.05, 3.63) is 59.2 Å². The van der Waals surface area contributed by atoms with Crippen molar-refractivity contribution < 1.29 is 9.53 Å². The van der Waals surface area contributed by atoms with Gasteiger partial charge in [0.25, 0.3) is 0 Å². The van der Waals surface area contributed by atoms with E-state index >= 15 is 0 Å². The molecule has 1 aliphatic heterocycles. The molecule has 1 aromatic heterocycles. The number of piperazine rings is 1. The van der Waals surface area contributed by atoms with Gasteiger partial charge in [-0.15, -0.1) is 0 Å². The zero-order chi connectivity index (χ0) is 21.1. The maximum atomic E-state index is 12.2. The highest BCUT2D eigenvalue weighted by molar-refractivity contribution is 6.33. The lowest BCUT2D eigenvalue weighted by atomic mass is 10.1. The van der Waals surface area contributed by atoms with E-state index in [0.29, 0.717) is 40.7 Å². The summed E-state index contributed by atoms with van der Waals surface area (Å²) in [5.74, 6) is -1.23. The third-order valence-electron chi connectivity index (χ3n) is 5.19. The molecule has 1 atom stereocenters. The van der Waals surface area contributed by atoms with Gasteiger partial charge in [0.2, 0.25) is 0 Å². The molecule has 0 bridgehead atoms. The van der Waals surface area contributed by atoms with E-state index in [1.807, 2.05) is 54.6 Å². The maximum absolute atomic E-state index is 12.2. The highest BCUT2D eigenvalue weighted by atomic mass is 35.5. The number of para-hydroxylation sites is 3. The molecular weight excluding hydrogens is 402 g/mol. The summed E-state index contributed by atoms with van der Waals surface area (Å²) in [7, 11) is 1.27. The Morgan fingerprint density at radius 3 is 2.27 bits per heavy atom. The fourth-order valence-electron chi connectivity index (χ4n) is 3.64. The average molecular weight is 422 g/mol. The van der Waals surface area contributed by atoms with Crippen molar-refractivity contribution in [1.82, 2.24) is 9.97 Å². The number of rotatable bonds is 4. The Morgan fingerprint density at radius 1 is 1.03 bits per heavy atom. The van der Waals surface area contributed by atoms with Crippen molar-refractivity contribution in [2.75, 3.05) is 43.1 Å². The van der Waals surface area contributed by atoms with Crippen LogP contribution in [0.15, 0.2) is 48.5 Å². The van der Waals surface area contributed by atoms with E-state index in [4.69, 9.17) is 21.3 Å². The molecule has 3 aromatic rings. The molecule has 0 N–H and O–H groups in total. The first kappa shape index (κ1) is 19.9. The van der Waals surface area contributed by atoms with Gasteiger partial charge in [0.05, 0.1) is 34.9 Å². The molecule has 0 radical (unpaired) electrons. The lowest BCUT2D eigenvalue weighted by molar-refractivity contribution is -0.141. The second kappa shape index (κ2) is 8.56. The van der Waals surface area contributed by atoms with Crippen LogP contribution in [0.3, 0.4) is 0 Å². The van der Waals surface area contributed by atoms with E-state index in [9.17, 15) is 10.1 Å². The minimum Gasteiger partial charge on any atom is -0.468 e. The minimum atomic E-state index is -1.14. The number of carbonyl (C=O) groups is 1. The molecule has 2 aromatic carbocycles. The number of hydrogen-bond acceptors (Lipinski definition) is 7. The van der Waals surface area contributed by atoms with Crippen LogP contribution < -0.4 is 9.80 Å². The van der Waals surface area contributed by atoms with Crippen molar-refractivity contribution in [1.29, 1.82) is 5.26 Å². The van der Waals surface area contributed by atoms with Crippen LogP contribution in [0.2, 0.25) is 5.02 Å². The lowest BCUT2D eigenvalue weighted by Gasteiger charge is -2.37. The van der Waals surface area contributed by atoms with Crippen molar-refractivity contribution in [2.24, 2.45) is 0 Å². The smallest absolute Gasteiger partial charge is 0.329 e. The normalized spacial score (nSPS) is 15.0. The van der Waals surface area contributed by atoms with Gasteiger partial charge in [-0.3, -0.25) is 4.79 Å². The number of halogens is 1. The Hall–Kier alpha value is -3.37. The molecular formula is C22H20ClN5O2. The van der Waals surface area contributed by atoms with Crippen molar-refractivity contribution in [3.8, 4) is 6.07 Å². The standard InChI is InChI=1S/C22H20ClN5O2/c1-30-22(29)15(14-24)20-21(26-18-8-4-3-7-17(18)25-20)28-12-10-27(11-13-28)19-9-5-2-6-16(19)23/h2-9,15H,10-13H2,1H3. The summed E-state index contributed by atoms with van der Waals surface area (Å²) in [5, 5.41) is 10.4. The number of nitriles is 1. The number of aromatic nitrogens is 2. The molecule has 1 unspecified atom stereocenters. The predicted octanol–water partition coefficient (Wildman–Crippen LogP) is 3.39. The van der Waals surface area contributed by atoms with Crippen LogP contribution in [0.5, 0.6) is 0 Å². The number of hydrogen-bond donors (Lipinski definition) is 0. The quantitative estimate of drug-likeness (QED) is 0.597. The van der Waals surface area contributed by atoms with E-state index < -0.39 is 11.9 Å². The van der Waals surface area contributed by atoms with Gasteiger partial charge in [-0.05, 0) is 24.3 Å². The SMILES string of the molecule is COC(=O)C(C#N)c1nc2ccccc2nc1N1CCN(c2ccccc2Cl)CC1. The van der Waals surface area contributed by atoms with Gasteiger partial charge < -0.3 is 14.5 Å². The summed E-state index contributed by atoms with van der Waals surface area (Å²) in [6, 6.07) is 17.2. The molecule has 1 aliphatic rings. The first-order chi connectivity index (χ1) is 14.6. The third-order valence-corrected chi connectivity index (χ3v) is 5.51. The topological polar surface area (TPSA) is 82.3 Å². The van der Waals surface area contributed by atoms with Gasteiger partial charge in [-0.25, -0.2) is 9.97 Å². The predicted molar refractivity (Wildman–Crippen MR) is 116 cm³/mol. The molecule has 0 aliphatic carbocycles. The fraction of sp³-hybridized carbons (Fsp3) is 0.273. The largest absolute Gasteiger partial charge is 0.468 e. The monoisotopic (exact) mass is 421 g/mol. The van der Waals surface area contributed by atoms with Crippen molar-refractivity contribution in [3.63, 3.8) is 0 Å². The van der Waals surface area contributed by atoms with Gasteiger partial charge in [0, 0.05) is 26.2 Å². The molecule has 7 nitrogen and oxygen atoms in total. The molecule has 4 rings (SSSR count). The van der Waals surface area contributed by atoms with Crippen LogP contribution in [0, 0.1) is 11.3 Å². The molecule has 1 saturated heterocycles. The summed E-state index contributed by atoms with van der Waals surface area (Å²) in [5.41, 5.74) is 2.67. The van der Waals surface area contributed by atoms with Gasteiger partial charge in [-0.2, -0.15) is 5.26 Å². The number of anilines is 2. The van der Waals surface area contributed by atoms with E-state index in [0.717, 1.165) is 18.8 Å². The first-order valence-corrected chi connectivity index (χ1v) is 9.98. The van der Waals surface area contributed by atoms with Crippen LogP contribution in [0.4, 0.5) is 11.5 Å². The highest BCUT2D eigenvalue weighted by Gasteiger charge is 2.31. The number of carbonyl (C=O) groups excluding carboxylic acids is 1. The molecule has 0 saturated carbocycles. The van der Waals surface area contributed by atoms with E-state index in [-0.39, 0.29) is 0 Å². The molecule has 2 heterocycles. The second-order valence-corrected chi connectivity index (χ2v) is 7.34. The zero-order valence-electron chi connectivity index (χ0n) is 16.5. The summed E-state index contributed by atoms with van der Waals surface area (Å²) in [6.45, 7) is 2.77. The third kappa shape index (κ3) is 3.74. The first-order valence-electron chi connectivity index (χ1n) is 9.61. The number of benzene rings is 2. The summed E-state index contributed by atoms with van der Waals surface area (Å²) < 4.78 is 4.83. The fourth-order valence-corrected chi connectivity index (χ4v) is 3.90. The molecule has 1 fully saturated rings. The second-order valence-electron chi connectivity index (χ2n) is 6.93. The van der Waals surface area contributed by atoms with E-state index in [1.165, 1.54) is 7.11 Å². The van der Waals surface area contributed by atoms with Crippen LogP contribution in [-0.4, -0.2) is 49.2 Å². The van der Waals surface area contributed by atoms with Gasteiger partial charge >= 0.3 is 5.97 Å². The Morgan fingerprint density at radius 2 is 1.63 bits per heavy atom. The molecule has 0 amide bonds. The number of nitrogens with zero attached hydrogens (tertiary/aromatic N) is 5. The molecule has 0 spiro atoms. The molecule has 8 heteroatoms. The Kier molecular flexibility index (Phi) is 5.68. The van der Waals surface area contributed by atoms with Crippen LogP contribution >= 0.6 is 11.6 Å². The summed E-state index contributed by atoms with van der Waals surface area (Å²) in [6.07, 6.45) is 0. The van der Waals surface area contributed by atoms with Crippen LogP contribution in [-0.2, 0) is 9.53 Å². The van der Waals surface area contributed by atoms with Crippen molar-refractivity contribution in [2.45, 2.75) is 5.92 Å². The number of fused-ring (bicyclic) bond motifs is 1.